The van der Waals surface area contributed by atoms with Crippen molar-refractivity contribution in [2.45, 2.75) is 52.6 Å². The molecule has 1 aliphatic heterocycles. The van der Waals surface area contributed by atoms with Crippen LogP contribution in [-0.4, -0.2) is 57.7 Å². The number of nitrogens with zero attached hydrogens (tertiary/aromatic N) is 3. The molecule has 1 aromatic heterocycles. The standard InChI is InChI=1S/C14H26N4O2/c1-9-5-17(6-10(2)20-9)7-13(19)8-18-12(4)14(15)11(3)16-18/h9-10,13,19H,5-8,15H2,1-4H3. The van der Waals surface area contributed by atoms with E-state index >= 15 is 0 Å². The van der Waals surface area contributed by atoms with E-state index in [1.54, 1.807) is 4.68 Å². The van der Waals surface area contributed by atoms with E-state index in [9.17, 15) is 5.11 Å². The van der Waals surface area contributed by atoms with Crippen molar-refractivity contribution < 1.29 is 9.84 Å². The van der Waals surface area contributed by atoms with Crippen molar-refractivity contribution in [3.63, 3.8) is 0 Å². The summed E-state index contributed by atoms with van der Waals surface area (Å²) < 4.78 is 7.49. The van der Waals surface area contributed by atoms with Gasteiger partial charge in [0.25, 0.3) is 0 Å². The van der Waals surface area contributed by atoms with Gasteiger partial charge in [-0.1, -0.05) is 0 Å². The number of aliphatic hydroxyl groups is 1. The van der Waals surface area contributed by atoms with Gasteiger partial charge in [-0.15, -0.1) is 0 Å². The minimum Gasteiger partial charge on any atom is -0.396 e. The largest absolute Gasteiger partial charge is 0.396 e. The SMILES string of the molecule is Cc1nn(CC(O)CN2CC(C)OC(C)C2)c(C)c1N. The Bertz CT molecular complexity index is 450. The van der Waals surface area contributed by atoms with Crippen LogP contribution < -0.4 is 5.73 Å². The van der Waals surface area contributed by atoms with Crippen LogP contribution >= 0.6 is 0 Å². The second-order valence-electron chi connectivity index (χ2n) is 5.90. The number of nitrogen functional groups attached to an aromatic ring is 1. The molecule has 0 aliphatic carbocycles. The summed E-state index contributed by atoms with van der Waals surface area (Å²) in [5.74, 6) is 0. The smallest absolute Gasteiger partial charge is 0.0862 e. The Balaban J connectivity index is 1.92. The van der Waals surface area contributed by atoms with Gasteiger partial charge in [-0.05, 0) is 27.7 Å². The number of morpholine rings is 1. The van der Waals surface area contributed by atoms with E-state index in [2.05, 4.69) is 23.8 Å². The molecule has 0 radical (unpaired) electrons. The minimum absolute atomic E-state index is 0.218. The average Bonchev–Trinajstić information content (AvgIpc) is 2.55. The summed E-state index contributed by atoms with van der Waals surface area (Å²) in [6, 6.07) is 0. The van der Waals surface area contributed by atoms with E-state index in [-0.39, 0.29) is 12.2 Å². The van der Waals surface area contributed by atoms with Crippen molar-refractivity contribution in [1.29, 1.82) is 0 Å². The number of β-amino-alcohol motifs (C(OH)–C–C–N with tert-alkyl or cyclic N) is 1. The molecule has 3 unspecified atom stereocenters. The molecule has 0 aromatic carbocycles. The predicted molar refractivity (Wildman–Crippen MR) is 78.6 cm³/mol. The Morgan fingerprint density at radius 3 is 2.40 bits per heavy atom. The second-order valence-corrected chi connectivity index (χ2v) is 5.90. The van der Waals surface area contributed by atoms with Gasteiger partial charge in [-0.3, -0.25) is 9.58 Å². The fourth-order valence-corrected chi connectivity index (χ4v) is 2.88. The lowest BCUT2D eigenvalue weighted by molar-refractivity contribution is -0.0774. The molecule has 6 heteroatoms. The van der Waals surface area contributed by atoms with Crippen LogP contribution in [0, 0.1) is 13.8 Å². The van der Waals surface area contributed by atoms with E-state index in [1.807, 2.05) is 13.8 Å². The molecule has 114 valence electrons. The molecule has 1 aliphatic rings. The highest BCUT2D eigenvalue weighted by atomic mass is 16.5. The van der Waals surface area contributed by atoms with Crippen LogP contribution in [0.2, 0.25) is 0 Å². The lowest BCUT2D eigenvalue weighted by atomic mass is 10.2. The number of aliphatic hydroxyl groups excluding tert-OH is 1. The molecule has 20 heavy (non-hydrogen) atoms. The summed E-state index contributed by atoms with van der Waals surface area (Å²) in [6.07, 6.45) is -0.0181. The van der Waals surface area contributed by atoms with E-state index in [0.717, 1.165) is 24.5 Å². The fourth-order valence-electron chi connectivity index (χ4n) is 2.88. The average molecular weight is 282 g/mol. The maximum atomic E-state index is 10.3. The molecule has 6 nitrogen and oxygen atoms in total. The second kappa shape index (κ2) is 6.11. The third-order valence-electron chi connectivity index (χ3n) is 3.79. The van der Waals surface area contributed by atoms with Gasteiger partial charge >= 0.3 is 0 Å². The predicted octanol–water partition coefficient (Wildman–Crippen LogP) is 0.552. The molecule has 3 atom stereocenters. The molecule has 0 amide bonds. The van der Waals surface area contributed by atoms with Crippen LogP contribution in [0.25, 0.3) is 0 Å². The third kappa shape index (κ3) is 3.50. The number of hydrogen-bond acceptors (Lipinski definition) is 5. The fraction of sp³-hybridized carbons (Fsp3) is 0.786. The zero-order valence-electron chi connectivity index (χ0n) is 12.8. The Morgan fingerprint density at radius 2 is 1.90 bits per heavy atom. The summed E-state index contributed by atoms with van der Waals surface area (Å²) in [5, 5.41) is 14.6. The monoisotopic (exact) mass is 282 g/mol. The summed E-state index contributed by atoms with van der Waals surface area (Å²) in [5.41, 5.74) is 8.36. The highest BCUT2D eigenvalue weighted by Crippen LogP contribution is 2.16. The van der Waals surface area contributed by atoms with Crippen LogP contribution in [0.15, 0.2) is 0 Å². The Hall–Kier alpha value is -1.11. The van der Waals surface area contributed by atoms with Gasteiger partial charge < -0.3 is 15.6 Å². The van der Waals surface area contributed by atoms with Gasteiger partial charge in [0, 0.05) is 19.6 Å². The summed E-state index contributed by atoms with van der Waals surface area (Å²) in [7, 11) is 0. The number of anilines is 1. The van der Waals surface area contributed by atoms with Gasteiger partial charge in [0.15, 0.2) is 0 Å². The van der Waals surface area contributed by atoms with Crippen LogP contribution in [0.3, 0.4) is 0 Å². The van der Waals surface area contributed by atoms with Gasteiger partial charge in [-0.25, -0.2) is 0 Å². The Labute approximate surface area is 120 Å². The first kappa shape index (κ1) is 15.3. The van der Waals surface area contributed by atoms with Gasteiger partial charge in [0.2, 0.25) is 0 Å². The van der Waals surface area contributed by atoms with Crippen molar-refractivity contribution in [1.82, 2.24) is 14.7 Å². The number of aryl methyl sites for hydroxylation is 1. The molecule has 1 aromatic rings. The molecule has 0 saturated carbocycles. The molecule has 1 fully saturated rings. The molecular weight excluding hydrogens is 256 g/mol. The lowest BCUT2D eigenvalue weighted by Gasteiger charge is -2.36. The number of rotatable bonds is 4. The Morgan fingerprint density at radius 1 is 1.30 bits per heavy atom. The van der Waals surface area contributed by atoms with Crippen molar-refractivity contribution in [2.24, 2.45) is 0 Å². The number of ether oxygens (including phenoxy) is 1. The Kier molecular flexibility index (Phi) is 4.67. The molecule has 3 N–H and O–H groups in total. The molecule has 2 heterocycles. The molecular formula is C14H26N4O2. The van der Waals surface area contributed by atoms with E-state index in [4.69, 9.17) is 10.5 Å². The highest BCUT2D eigenvalue weighted by Gasteiger charge is 2.24. The van der Waals surface area contributed by atoms with Crippen LogP contribution in [0.1, 0.15) is 25.2 Å². The van der Waals surface area contributed by atoms with Crippen molar-refractivity contribution >= 4 is 5.69 Å². The number of nitrogens with two attached hydrogens (primary N) is 1. The van der Waals surface area contributed by atoms with Crippen molar-refractivity contribution in [3.05, 3.63) is 11.4 Å². The maximum absolute atomic E-state index is 10.3. The van der Waals surface area contributed by atoms with Crippen LogP contribution in [0.5, 0.6) is 0 Å². The minimum atomic E-state index is -0.454. The lowest BCUT2D eigenvalue weighted by Crippen LogP contribution is -2.48. The topological polar surface area (TPSA) is 76.5 Å². The van der Waals surface area contributed by atoms with Gasteiger partial charge in [-0.2, -0.15) is 5.10 Å². The third-order valence-corrected chi connectivity index (χ3v) is 3.79. The quantitative estimate of drug-likeness (QED) is 0.843. The summed E-state index contributed by atoms with van der Waals surface area (Å²) >= 11 is 0. The molecule has 0 spiro atoms. The molecule has 1 saturated heterocycles. The molecule has 2 rings (SSSR count). The van der Waals surface area contributed by atoms with Gasteiger partial charge in [0.1, 0.15) is 0 Å². The van der Waals surface area contributed by atoms with Crippen LogP contribution in [0.4, 0.5) is 5.69 Å². The number of aromatic nitrogens is 2. The summed E-state index contributed by atoms with van der Waals surface area (Å²) in [6.45, 7) is 10.8. The van der Waals surface area contributed by atoms with E-state index < -0.39 is 6.10 Å². The van der Waals surface area contributed by atoms with E-state index in [1.165, 1.54) is 0 Å². The zero-order chi connectivity index (χ0) is 14.9. The van der Waals surface area contributed by atoms with Crippen molar-refractivity contribution in [3.8, 4) is 0 Å². The van der Waals surface area contributed by atoms with Gasteiger partial charge in [0.05, 0.1) is 41.9 Å². The van der Waals surface area contributed by atoms with Crippen molar-refractivity contribution in [2.75, 3.05) is 25.4 Å². The highest BCUT2D eigenvalue weighted by molar-refractivity contribution is 5.46. The van der Waals surface area contributed by atoms with Crippen LogP contribution in [-0.2, 0) is 11.3 Å². The first-order chi connectivity index (χ1) is 9.36. The summed E-state index contributed by atoms with van der Waals surface area (Å²) in [4.78, 5) is 2.25. The first-order valence-corrected chi connectivity index (χ1v) is 7.22. The normalized spacial score (nSPS) is 25.9. The first-order valence-electron chi connectivity index (χ1n) is 7.22. The maximum Gasteiger partial charge on any atom is 0.0862 e. The number of hydrogen-bond donors (Lipinski definition) is 2. The van der Waals surface area contributed by atoms with E-state index in [0.29, 0.717) is 18.8 Å². The zero-order valence-corrected chi connectivity index (χ0v) is 12.8. The molecule has 0 bridgehead atoms.